The fourth-order valence-corrected chi connectivity index (χ4v) is 4.46. The molecular weight excluding hydrogens is 359 g/mol. The maximum Gasteiger partial charge on any atom is 0.226 e. The first-order valence-electron chi connectivity index (χ1n) is 8.74. The van der Waals surface area contributed by atoms with Gasteiger partial charge in [0.15, 0.2) is 0 Å². The third-order valence-corrected chi connectivity index (χ3v) is 6.28. The molecule has 7 heteroatoms. The normalized spacial score (nSPS) is 21.2. The Morgan fingerprint density at radius 3 is 2.68 bits per heavy atom. The fraction of sp³-hybridized carbons (Fsp3) is 0.500. The second-order valence-electron chi connectivity index (χ2n) is 6.90. The maximum absolute atomic E-state index is 12.9. The van der Waals surface area contributed by atoms with Gasteiger partial charge in [-0.25, -0.2) is 0 Å². The van der Waals surface area contributed by atoms with Crippen LogP contribution in [-0.2, 0) is 17.6 Å². The fourth-order valence-electron chi connectivity index (χ4n) is 4.00. The number of aryl methyl sites for hydroxylation is 1. The van der Waals surface area contributed by atoms with E-state index in [4.69, 9.17) is 23.2 Å². The second-order valence-corrected chi connectivity index (χ2v) is 7.68. The Hall–Kier alpha value is -1.59. The molecule has 25 heavy (non-hydrogen) atoms. The molecule has 1 unspecified atom stereocenters. The SMILES string of the molecule is O=C(C1CCc2n[nH]nc2C1)N1CCC(c2cccc(Cl)c2Cl)CC1. The number of halogens is 2. The molecule has 0 radical (unpaired) electrons. The maximum atomic E-state index is 12.9. The van der Waals surface area contributed by atoms with Gasteiger partial charge >= 0.3 is 0 Å². The first kappa shape index (κ1) is 16.9. The summed E-state index contributed by atoms with van der Waals surface area (Å²) in [5, 5.41) is 12.2. The Bertz CT molecular complexity index is 783. The van der Waals surface area contributed by atoms with Crippen molar-refractivity contribution < 1.29 is 4.79 Å². The monoisotopic (exact) mass is 378 g/mol. The molecule has 4 rings (SSSR count). The van der Waals surface area contributed by atoms with Gasteiger partial charge in [-0.2, -0.15) is 15.4 Å². The number of nitrogens with one attached hydrogen (secondary N) is 1. The van der Waals surface area contributed by atoms with E-state index in [0.717, 1.165) is 55.7 Å². The van der Waals surface area contributed by atoms with Crippen molar-refractivity contribution in [3.8, 4) is 0 Å². The smallest absolute Gasteiger partial charge is 0.226 e. The van der Waals surface area contributed by atoms with Crippen LogP contribution in [0.5, 0.6) is 0 Å². The molecule has 2 aromatic rings. The summed E-state index contributed by atoms with van der Waals surface area (Å²) in [4.78, 5) is 14.9. The van der Waals surface area contributed by atoms with Gasteiger partial charge < -0.3 is 4.90 Å². The van der Waals surface area contributed by atoms with E-state index in [-0.39, 0.29) is 11.8 Å². The van der Waals surface area contributed by atoms with Gasteiger partial charge in [-0.1, -0.05) is 35.3 Å². The summed E-state index contributed by atoms with van der Waals surface area (Å²) in [5.74, 6) is 0.650. The highest BCUT2D eigenvalue weighted by Gasteiger charge is 2.32. The lowest BCUT2D eigenvalue weighted by Gasteiger charge is -2.35. The Kier molecular flexibility index (Phi) is 4.69. The van der Waals surface area contributed by atoms with E-state index in [9.17, 15) is 4.79 Å². The Morgan fingerprint density at radius 2 is 1.88 bits per heavy atom. The van der Waals surface area contributed by atoms with Crippen molar-refractivity contribution in [3.63, 3.8) is 0 Å². The number of piperidine rings is 1. The first-order chi connectivity index (χ1) is 12.1. The average Bonchev–Trinajstić information content (AvgIpc) is 3.11. The molecule has 1 N–H and O–H groups in total. The van der Waals surface area contributed by atoms with Crippen LogP contribution in [0.3, 0.4) is 0 Å². The van der Waals surface area contributed by atoms with Crippen LogP contribution in [0.15, 0.2) is 18.2 Å². The first-order valence-corrected chi connectivity index (χ1v) is 9.50. The van der Waals surface area contributed by atoms with Crippen molar-refractivity contribution in [2.45, 2.75) is 38.0 Å². The van der Waals surface area contributed by atoms with Crippen LogP contribution in [0.2, 0.25) is 10.0 Å². The Balaban J connectivity index is 1.39. The van der Waals surface area contributed by atoms with Crippen LogP contribution in [0.25, 0.3) is 0 Å². The minimum atomic E-state index is 0.0314. The standard InChI is InChI=1S/C18H20Cl2N4O/c19-14-3-1-2-13(17(14)20)11-6-8-24(9-7-11)18(25)12-4-5-15-16(10-12)22-23-21-15/h1-3,11-12H,4-10H2,(H,21,22,23). The molecule has 1 aliphatic heterocycles. The molecular formula is C18H20Cl2N4O. The highest BCUT2D eigenvalue weighted by molar-refractivity contribution is 6.42. The summed E-state index contributed by atoms with van der Waals surface area (Å²) < 4.78 is 0. The van der Waals surface area contributed by atoms with Crippen LogP contribution in [0.4, 0.5) is 0 Å². The summed E-state index contributed by atoms with van der Waals surface area (Å²) in [6, 6.07) is 5.80. The molecule has 2 aliphatic rings. The molecule has 132 valence electrons. The van der Waals surface area contributed by atoms with E-state index in [1.165, 1.54) is 0 Å². The molecule has 1 aromatic heterocycles. The average molecular weight is 379 g/mol. The number of amides is 1. The zero-order valence-electron chi connectivity index (χ0n) is 13.8. The summed E-state index contributed by atoms with van der Waals surface area (Å²) in [5.41, 5.74) is 3.06. The Labute approximate surface area is 156 Å². The Morgan fingerprint density at radius 1 is 1.12 bits per heavy atom. The lowest BCUT2D eigenvalue weighted by atomic mass is 9.86. The third kappa shape index (κ3) is 3.27. The summed E-state index contributed by atoms with van der Waals surface area (Å²) in [6.07, 6.45) is 4.24. The summed E-state index contributed by atoms with van der Waals surface area (Å²) >= 11 is 12.5. The van der Waals surface area contributed by atoms with Crippen molar-refractivity contribution >= 4 is 29.1 Å². The number of hydrogen-bond acceptors (Lipinski definition) is 3. The molecule has 1 amide bonds. The quantitative estimate of drug-likeness (QED) is 0.867. The van der Waals surface area contributed by atoms with Crippen LogP contribution in [-0.4, -0.2) is 39.3 Å². The number of H-pyrrole nitrogens is 1. The predicted molar refractivity (Wildman–Crippen MR) is 96.9 cm³/mol. The van der Waals surface area contributed by atoms with Crippen molar-refractivity contribution in [3.05, 3.63) is 45.2 Å². The molecule has 0 spiro atoms. The topological polar surface area (TPSA) is 61.9 Å². The molecule has 1 aliphatic carbocycles. The van der Waals surface area contributed by atoms with Gasteiger partial charge in [-0.05, 0) is 43.2 Å². The molecule has 0 saturated carbocycles. The van der Waals surface area contributed by atoms with E-state index in [1.54, 1.807) is 0 Å². The lowest BCUT2D eigenvalue weighted by molar-refractivity contribution is -0.137. The van der Waals surface area contributed by atoms with Crippen molar-refractivity contribution in [2.24, 2.45) is 5.92 Å². The minimum absolute atomic E-state index is 0.0314. The minimum Gasteiger partial charge on any atom is -0.342 e. The van der Waals surface area contributed by atoms with Gasteiger partial charge in [0.1, 0.15) is 0 Å². The highest BCUT2D eigenvalue weighted by Crippen LogP contribution is 2.37. The number of fused-ring (bicyclic) bond motifs is 1. The zero-order valence-corrected chi connectivity index (χ0v) is 15.4. The van der Waals surface area contributed by atoms with Crippen molar-refractivity contribution in [1.82, 2.24) is 20.3 Å². The molecule has 1 aromatic carbocycles. The number of benzene rings is 1. The van der Waals surface area contributed by atoms with Gasteiger partial charge in [0.05, 0.1) is 21.4 Å². The molecule has 1 fully saturated rings. The van der Waals surface area contributed by atoms with Crippen LogP contribution in [0, 0.1) is 5.92 Å². The molecule has 2 heterocycles. The van der Waals surface area contributed by atoms with E-state index in [2.05, 4.69) is 15.4 Å². The predicted octanol–water partition coefficient (Wildman–Crippen LogP) is 3.62. The number of likely N-dealkylation sites (tertiary alicyclic amines) is 1. The largest absolute Gasteiger partial charge is 0.342 e. The van der Waals surface area contributed by atoms with Crippen LogP contribution < -0.4 is 0 Å². The van der Waals surface area contributed by atoms with Gasteiger partial charge in [0, 0.05) is 25.4 Å². The summed E-state index contributed by atoms with van der Waals surface area (Å²) in [7, 11) is 0. The molecule has 0 bridgehead atoms. The lowest BCUT2D eigenvalue weighted by Crippen LogP contribution is -2.42. The van der Waals surface area contributed by atoms with Crippen molar-refractivity contribution in [2.75, 3.05) is 13.1 Å². The third-order valence-electron chi connectivity index (χ3n) is 5.45. The molecule has 1 atom stereocenters. The molecule has 1 saturated heterocycles. The number of carbonyl (C=O) groups excluding carboxylic acids is 1. The number of carbonyl (C=O) groups is 1. The van der Waals surface area contributed by atoms with E-state index >= 15 is 0 Å². The van der Waals surface area contributed by atoms with Crippen LogP contribution >= 0.6 is 23.2 Å². The number of aromatic nitrogens is 3. The zero-order chi connectivity index (χ0) is 17.4. The number of rotatable bonds is 2. The van der Waals surface area contributed by atoms with Gasteiger partial charge in [0.25, 0.3) is 0 Å². The van der Waals surface area contributed by atoms with E-state index in [0.29, 0.717) is 22.4 Å². The molecule has 5 nitrogen and oxygen atoms in total. The number of nitrogens with zero attached hydrogens (tertiary/aromatic N) is 3. The van der Waals surface area contributed by atoms with Gasteiger partial charge in [-0.3, -0.25) is 4.79 Å². The van der Waals surface area contributed by atoms with Crippen molar-refractivity contribution in [1.29, 1.82) is 0 Å². The second kappa shape index (κ2) is 6.96. The van der Waals surface area contributed by atoms with Gasteiger partial charge in [-0.15, -0.1) is 0 Å². The number of hydrogen-bond donors (Lipinski definition) is 1. The number of aromatic amines is 1. The highest BCUT2D eigenvalue weighted by atomic mass is 35.5. The van der Waals surface area contributed by atoms with Crippen LogP contribution in [0.1, 0.15) is 42.1 Å². The van der Waals surface area contributed by atoms with E-state index < -0.39 is 0 Å². The summed E-state index contributed by atoms with van der Waals surface area (Å²) in [6.45, 7) is 1.54. The van der Waals surface area contributed by atoms with E-state index in [1.807, 2.05) is 23.1 Å². The van der Waals surface area contributed by atoms with Gasteiger partial charge in [0.2, 0.25) is 5.91 Å².